The fraction of sp³-hybridized carbons (Fsp3) is 0.625. The molecule has 2 N–H and O–H groups in total. The maximum Gasteiger partial charge on any atom is -0.00368 e. The molecule has 0 aromatic heterocycles. The van der Waals surface area contributed by atoms with E-state index in [1.807, 2.05) is 0 Å². The van der Waals surface area contributed by atoms with Gasteiger partial charge in [0.15, 0.2) is 0 Å². The smallest absolute Gasteiger partial charge is 0.00368 e. The van der Waals surface area contributed by atoms with Crippen LogP contribution in [0.3, 0.4) is 0 Å². The van der Waals surface area contributed by atoms with E-state index in [2.05, 4.69) is 61.7 Å². The minimum atomic E-state index is 0.260. The quantitative estimate of drug-likeness (QED) is 0.657. The number of rotatable bonds is 9. The van der Waals surface area contributed by atoms with E-state index >= 15 is 0 Å². The molecule has 0 spiro atoms. The minimum absolute atomic E-state index is 0.260. The van der Waals surface area contributed by atoms with Crippen LogP contribution in [-0.4, -0.2) is 26.2 Å². The average Bonchev–Trinajstić information content (AvgIpc) is 2.39. The van der Waals surface area contributed by atoms with Crippen LogP contribution in [0.1, 0.15) is 39.2 Å². The highest BCUT2D eigenvalue weighted by molar-refractivity contribution is 5.23. The average molecular weight is 248 g/mol. The molecule has 0 unspecified atom stereocenters. The topological polar surface area (TPSA) is 24.1 Å². The van der Waals surface area contributed by atoms with Gasteiger partial charge in [0.05, 0.1) is 0 Å². The molecule has 0 amide bonds. The van der Waals surface area contributed by atoms with Crippen molar-refractivity contribution in [2.24, 2.45) is 0 Å². The molecule has 2 nitrogen and oxygen atoms in total. The van der Waals surface area contributed by atoms with Gasteiger partial charge in [-0.15, -0.1) is 0 Å². The summed E-state index contributed by atoms with van der Waals surface area (Å²) < 4.78 is 0. The molecule has 18 heavy (non-hydrogen) atoms. The summed E-state index contributed by atoms with van der Waals surface area (Å²) in [4.78, 5) is 0. The van der Waals surface area contributed by atoms with Crippen LogP contribution in [0.5, 0.6) is 0 Å². The molecule has 0 heterocycles. The van der Waals surface area contributed by atoms with Crippen LogP contribution in [0, 0.1) is 0 Å². The zero-order chi connectivity index (χ0) is 13.3. The van der Waals surface area contributed by atoms with Crippen molar-refractivity contribution in [3.63, 3.8) is 0 Å². The Bertz CT molecular complexity index is 306. The molecule has 0 saturated carbocycles. The fourth-order valence-corrected chi connectivity index (χ4v) is 2.07. The molecule has 0 atom stereocenters. The Kier molecular flexibility index (Phi) is 6.99. The predicted molar refractivity (Wildman–Crippen MR) is 80.1 cm³/mol. The molecule has 1 rings (SSSR count). The van der Waals surface area contributed by atoms with Crippen LogP contribution in [0.2, 0.25) is 0 Å². The van der Waals surface area contributed by atoms with E-state index in [1.54, 1.807) is 0 Å². The Morgan fingerprint density at radius 1 is 0.944 bits per heavy atom. The molecule has 0 aliphatic carbocycles. The Morgan fingerprint density at radius 2 is 1.61 bits per heavy atom. The summed E-state index contributed by atoms with van der Waals surface area (Å²) in [6.07, 6.45) is 2.39. The van der Waals surface area contributed by atoms with Gasteiger partial charge in [0.1, 0.15) is 0 Å². The third-order valence-electron chi connectivity index (χ3n) is 3.44. The maximum atomic E-state index is 3.53. The lowest BCUT2D eigenvalue weighted by molar-refractivity contribution is 0.454. The zero-order valence-electron chi connectivity index (χ0n) is 12.1. The zero-order valence-corrected chi connectivity index (χ0v) is 12.1. The summed E-state index contributed by atoms with van der Waals surface area (Å²) in [6, 6.07) is 10.8. The van der Waals surface area contributed by atoms with E-state index in [0.717, 1.165) is 26.2 Å². The second kappa shape index (κ2) is 8.28. The summed E-state index contributed by atoms with van der Waals surface area (Å²) in [5.74, 6) is 0. The van der Waals surface area contributed by atoms with E-state index in [1.165, 1.54) is 18.4 Å². The summed E-state index contributed by atoms with van der Waals surface area (Å²) in [6.45, 7) is 11.2. The van der Waals surface area contributed by atoms with Gasteiger partial charge in [0, 0.05) is 0 Å². The third kappa shape index (κ3) is 5.65. The first-order valence-corrected chi connectivity index (χ1v) is 7.14. The van der Waals surface area contributed by atoms with Crippen molar-refractivity contribution < 1.29 is 0 Å². The number of hydrogen-bond donors (Lipinski definition) is 2. The second-order valence-corrected chi connectivity index (χ2v) is 5.46. The SMILES string of the molecule is CCNCCCNCCC(C)(C)c1ccccc1. The number of benzene rings is 1. The van der Waals surface area contributed by atoms with Crippen molar-refractivity contribution in [2.75, 3.05) is 26.2 Å². The molecule has 0 fully saturated rings. The molecule has 0 aliphatic rings. The van der Waals surface area contributed by atoms with Crippen molar-refractivity contribution in [1.82, 2.24) is 10.6 Å². The maximum absolute atomic E-state index is 3.53. The van der Waals surface area contributed by atoms with Gasteiger partial charge in [-0.05, 0) is 50.0 Å². The van der Waals surface area contributed by atoms with E-state index in [9.17, 15) is 0 Å². The van der Waals surface area contributed by atoms with Crippen LogP contribution < -0.4 is 10.6 Å². The Hall–Kier alpha value is -0.860. The Balaban J connectivity index is 2.18. The summed E-state index contributed by atoms with van der Waals surface area (Å²) in [7, 11) is 0. The lowest BCUT2D eigenvalue weighted by Crippen LogP contribution is -2.27. The standard InChI is InChI=1S/C16H28N2/c1-4-17-12-8-13-18-14-11-16(2,3)15-9-6-5-7-10-15/h5-7,9-10,17-18H,4,8,11-14H2,1-3H3. The first-order chi connectivity index (χ1) is 8.67. The molecule has 1 aromatic rings. The van der Waals surface area contributed by atoms with Crippen molar-refractivity contribution in [1.29, 1.82) is 0 Å². The first-order valence-electron chi connectivity index (χ1n) is 7.14. The highest BCUT2D eigenvalue weighted by Crippen LogP contribution is 2.25. The number of hydrogen-bond acceptors (Lipinski definition) is 2. The van der Waals surface area contributed by atoms with E-state index in [4.69, 9.17) is 0 Å². The molecular formula is C16H28N2. The molecule has 1 aromatic carbocycles. The lowest BCUT2D eigenvalue weighted by Gasteiger charge is -2.25. The van der Waals surface area contributed by atoms with Gasteiger partial charge in [-0.2, -0.15) is 0 Å². The van der Waals surface area contributed by atoms with Crippen molar-refractivity contribution in [2.45, 2.75) is 39.0 Å². The van der Waals surface area contributed by atoms with Crippen LogP contribution in [0.25, 0.3) is 0 Å². The van der Waals surface area contributed by atoms with Gasteiger partial charge in [0.2, 0.25) is 0 Å². The molecule has 0 aliphatic heterocycles. The van der Waals surface area contributed by atoms with E-state index < -0.39 is 0 Å². The third-order valence-corrected chi connectivity index (χ3v) is 3.44. The largest absolute Gasteiger partial charge is 0.317 e. The number of nitrogens with one attached hydrogen (secondary N) is 2. The van der Waals surface area contributed by atoms with Gasteiger partial charge in [0.25, 0.3) is 0 Å². The Morgan fingerprint density at radius 3 is 2.28 bits per heavy atom. The lowest BCUT2D eigenvalue weighted by atomic mass is 9.81. The molecular weight excluding hydrogens is 220 g/mol. The minimum Gasteiger partial charge on any atom is -0.317 e. The Labute approximate surface area is 112 Å². The predicted octanol–water partition coefficient (Wildman–Crippen LogP) is 2.94. The second-order valence-electron chi connectivity index (χ2n) is 5.46. The molecule has 0 saturated heterocycles. The van der Waals surface area contributed by atoms with Gasteiger partial charge in [-0.25, -0.2) is 0 Å². The van der Waals surface area contributed by atoms with Gasteiger partial charge in [-0.3, -0.25) is 0 Å². The highest BCUT2D eigenvalue weighted by atomic mass is 14.9. The summed E-state index contributed by atoms with van der Waals surface area (Å²) in [5, 5.41) is 6.87. The van der Waals surface area contributed by atoms with E-state index in [0.29, 0.717) is 0 Å². The molecule has 0 radical (unpaired) electrons. The van der Waals surface area contributed by atoms with Crippen LogP contribution in [-0.2, 0) is 5.41 Å². The fourth-order valence-electron chi connectivity index (χ4n) is 2.07. The molecule has 0 bridgehead atoms. The van der Waals surface area contributed by atoms with Gasteiger partial charge >= 0.3 is 0 Å². The summed E-state index contributed by atoms with van der Waals surface area (Å²) >= 11 is 0. The summed E-state index contributed by atoms with van der Waals surface area (Å²) in [5.41, 5.74) is 1.69. The van der Waals surface area contributed by atoms with Crippen molar-refractivity contribution in [3.05, 3.63) is 35.9 Å². The van der Waals surface area contributed by atoms with Crippen molar-refractivity contribution >= 4 is 0 Å². The monoisotopic (exact) mass is 248 g/mol. The molecule has 102 valence electrons. The van der Waals surface area contributed by atoms with Crippen LogP contribution in [0.4, 0.5) is 0 Å². The molecule has 2 heteroatoms. The van der Waals surface area contributed by atoms with Gasteiger partial charge in [-0.1, -0.05) is 51.1 Å². The van der Waals surface area contributed by atoms with Crippen LogP contribution >= 0.6 is 0 Å². The van der Waals surface area contributed by atoms with Crippen molar-refractivity contribution in [3.8, 4) is 0 Å². The van der Waals surface area contributed by atoms with Gasteiger partial charge < -0.3 is 10.6 Å². The van der Waals surface area contributed by atoms with E-state index in [-0.39, 0.29) is 5.41 Å². The highest BCUT2D eigenvalue weighted by Gasteiger charge is 2.19. The first kappa shape index (κ1) is 15.2. The van der Waals surface area contributed by atoms with Crippen LogP contribution in [0.15, 0.2) is 30.3 Å². The normalized spacial score (nSPS) is 11.7.